The fourth-order valence-electron chi connectivity index (χ4n) is 2.78. The van der Waals surface area contributed by atoms with Gasteiger partial charge < -0.3 is 20.1 Å². The number of carbonyl (C=O) groups excluding carboxylic acids is 1. The highest BCUT2D eigenvalue weighted by atomic mass is 16.7. The summed E-state index contributed by atoms with van der Waals surface area (Å²) in [6, 6.07) is 5.24. The number of benzene rings is 1. The molecular formula is C15H20N2O3. The van der Waals surface area contributed by atoms with Crippen molar-refractivity contribution < 1.29 is 14.3 Å². The number of urea groups is 1. The summed E-state index contributed by atoms with van der Waals surface area (Å²) < 4.78 is 10.5. The molecule has 3 rings (SSSR count). The Hall–Kier alpha value is -1.91. The minimum absolute atomic E-state index is 0.158. The lowest BCUT2D eigenvalue weighted by molar-refractivity contribution is 0.174. The molecule has 20 heavy (non-hydrogen) atoms. The predicted octanol–water partition coefficient (Wildman–Crippen LogP) is 3.12. The molecule has 2 N–H and O–H groups in total. The van der Waals surface area contributed by atoms with Crippen LogP contribution in [0.5, 0.6) is 11.5 Å². The van der Waals surface area contributed by atoms with Crippen LogP contribution in [0.3, 0.4) is 0 Å². The summed E-state index contributed by atoms with van der Waals surface area (Å²) >= 11 is 0. The Kier molecular flexibility index (Phi) is 3.95. The molecule has 1 aromatic rings. The molecule has 1 aromatic carbocycles. The third kappa shape index (κ3) is 3.15. The maximum absolute atomic E-state index is 11.9. The molecule has 1 heterocycles. The van der Waals surface area contributed by atoms with E-state index in [0.29, 0.717) is 11.7 Å². The first-order valence-corrected chi connectivity index (χ1v) is 7.26. The second-order valence-corrected chi connectivity index (χ2v) is 5.41. The number of amides is 2. The zero-order valence-electron chi connectivity index (χ0n) is 11.5. The van der Waals surface area contributed by atoms with Gasteiger partial charge in [-0.3, -0.25) is 0 Å². The normalized spacial score (nSPS) is 17.8. The van der Waals surface area contributed by atoms with E-state index in [-0.39, 0.29) is 12.8 Å². The van der Waals surface area contributed by atoms with Crippen LogP contribution in [-0.4, -0.2) is 19.4 Å². The van der Waals surface area contributed by atoms with Crippen LogP contribution in [-0.2, 0) is 0 Å². The molecular weight excluding hydrogens is 256 g/mol. The minimum atomic E-state index is -0.158. The topological polar surface area (TPSA) is 59.6 Å². The van der Waals surface area contributed by atoms with Gasteiger partial charge in [0.2, 0.25) is 6.79 Å². The smallest absolute Gasteiger partial charge is 0.319 e. The van der Waals surface area contributed by atoms with Gasteiger partial charge in [-0.2, -0.15) is 0 Å². The van der Waals surface area contributed by atoms with Crippen molar-refractivity contribution in [3.63, 3.8) is 0 Å². The molecule has 0 spiro atoms. The summed E-state index contributed by atoms with van der Waals surface area (Å²) in [5.41, 5.74) is 0.718. The first kappa shape index (κ1) is 13.1. The lowest BCUT2D eigenvalue weighted by Gasteiger charge is -2.21. The average molecular weight is 276 g/mol. The maximum Gasteiger partial charge on any atom is 0.319 e. The largest absolute Gasteiger partial charge is 0.454 e. The van der Waals surface area contributed by atoms with Gasteiger partial charge in [-0.25, -0.2) is 4.79 Å². The number of anilines is 1. The number of hydrogen-bond donors (Lipinski definition) is 2. The maximum atomic E-state index is 11.9. The third-order valence-corrected chi connectivity index (χ3v) is 3.91. The molecule has 1 aliphatic carbocycles. The quantitative estimate of drug-likeness (QED) is 0.891. The third-order valence-electron chi connectivity index (χ3n) is 3.91. The summed E-state index contributed by atoms with van der Waals surface area (Å²) in [5, 5.41) is 5.77. The molecule has 0 aromatic heterocycles. The number of rotatable bonds is 3. The second kappa shape index (κ2) is 6.03. The molecule has 1 saturated carbocycles. The first-order chi connectivity index (χ1) is 9.81. The Morgan fingerprint density at radius 2 is 1.95 bits per heavy atom. The van der Waals surface area contributed by atoms with E-state index in [1.807, 2.05) is 6.07 Å². The van der Waals surface area contributed by atoms with Crippen molar-refractivity contribution >= 4 is 11.7 Å². The van der Waals surface area contributed by atoms with Crippen LogP contribution in [0.25, 0.3) is 0 Å². The summed E-state index contributed by atoms with van der Waals surface area (Å²) in [7, 11) is 0. The molecule has 0 bridgehead atoms. The SMILES string of the molecule is O=C(NCC1CCCCC1)Nc1ccc2c(c1)OCO2. The monoisotopic (exact) mass is 276 g/mol. The molecule has 0 radical (unpaired) electrons. The van der Waals surface area contributed by atoms with Gasteiger partial charge in [0.25, 0.3) is 0 Å². The molecule has 5 nitrogen and oxygen atoms in total. The highest BCUT2D eigenvalue weighted by Crippen LogP contribution is 2.34. The van der Waals surface area contributed by atoms with Crippen LogP contribution in [0, 0.1) is 5.92 Å². The molecule has 5 heteroatoms. The van der Waals surface area contributed by atoms with Gasteiger partial charge in [-0.05, 0) is 30.9 Å². The van der Waals surface area contributed by atoms with Gasteiger partial charge in [0.05, 0.1) is 0 Å². The molecule has 0 saturated heterocycles. The Morgan fingerprint density at radius 1 is 1.15 bits per heavy atom. The van der Waals surface area contributed by atoms with E-state index < -0.39 is 0 Å². The van der Waals surface area contributed by atoms with E-state index >= 15 is 0 Å². The van der Waals surface area contributed by atoms with Crippen LogP contribution in [0.2, 0.25) is 0 Å². The predicted molar refractivity (Wildman–Crippen MR) is 76.2 cm³/mol. The summed E-state index contributed by atoms with van der Waals surface area (Å²) in [5.74, 6) is 2.03. The fourth-order valence-corrected chi connectivity index (χ4v) is 2.78. The van der Waals surface area contributed by atoms with Gasteiger partial charge in [0.1, 0.15) is 0 Å². The number of hydrogen-bond acceptors (Lipinski definition) is 3. The highest BCUT2D eigenvalue weighted by Gasteiger charge is 2.16. The Labute approximate surface area is 118 Å². The standard InChI is InChI=1S/C15H20N2O3/c18-15(16-9-11-4-2-1-3-5-11)17-12-6-7-13-14(8-12)20-10-19-13/h6-8,11H,1-5,9-10H2,(H2,16,17,18). The highest BCUT2D eigenvalue weighted by molar-refractivity contribution is 5.89. The van der Waals surface area contributed by atoms with Crippen LogP contribution in [0.1, 0.15) is 32.1 Å². The summed E-state index contributed by atoms with van der Waals surface area (Å²) in [6.07, 6.45) is 6.36. The van der Waals surface area contributed by atoms with Gasteiger partial charge in [0, 0.05) is 18.3 Å². The Balaban J connectivity index is 1.48. The zero-order valence-corrected chi connectivity index (χ0v) is 11.5. The lowest BCUT2D eigenvalue weighted by atomic mass is 9.89. The van der Waals surface area contributed by atoms with Crippen molar-refractivity contribution in [1.29, 1.82) is 0 Å². The van der Waals surface area contributed by atoms with E-state index in [9.17, 15) is 4.79 Å². The Morgan fingerprint density at radius 3 is 2.80 bits per heavy atom. The van der Waals surface area contributed by atoms with E-state index in [4.69, 9.17) is 9.47 Å². The molecule has 0 unspecified atom stereocenters. The number of ether oxygens (including phenoxy) is 2. The van der Waals surface area contributed by atoms with Crippen molar-refractivity contribution in [3.8, 4) is 11.5 Å². The van der Waals surface area contributed by atoms with Crippen LogP contribution >= 0.6 is 0 Å². The first-order valence-electron chi connectivity index (χ1n) is 7.26. The van der Waals surface area contributed by atoms with Gasteiger partial charge >= 0.3 is 6.03 Å². The van der Waals surface area contributed by atoms with Crippen molar-refractivity contribution in [2.24, 2.45) is 5.92 Å². The molecule has 2 aliphatic rings. The zero-order chi connectivity index (χ0) is 13.8. The van der Waals surface area contributed by atoms with E-state index in [1.165, 1.54) is 32.1 Å². The number of fused-ring (bicyclic) bond motifs is 1. The van der Waals surface area contributed by atoms with Crippen LogP contribution in [0.15, 0.2) is 18.2 Å². The van der Waals surface area contributed by atoms with Gasteiger partial charge in [-0.15, -0.1) is 0 Å². The van der Waals surface area contributed by atoms with E-state index in [0.717, 1.165) is 18.0 Å². The van der Waals surface area contributed by atoms with Crippen LogP contribution in [0.4, 0.5) is 10.5 Å². The van der Waals surface area contributed by atoms with Crippen molar-refractivity contribution in [3.05, 3.63) is 18.2 Å². The second-order valence-electron chi connectivity index (χ2n) is 5.41. The lowest BCUT2D eigenvalue weighted by Crippen LogP contribution is -2.33. The van der Waals surface area contributed by atoms with E-state index in [1.54, 1.807) is 12.1 Å². The summed E-state index contributed by atoms with van der Waals surface area (Å²) in [4.78, 5) is 11.9. The van der Waals surface area contributed by atoms with Crippen molar-refractivity contribution in [2.45, 2.75) is 32.1 Å². The molecule has 1 aliphatic heterocycles. The van der Waals surface area contributed by atoms with Crippen molar-refractivity contribution in [1.82, 2.24) is 5.32 Å². The van der Waals surface area contributed by atoms with Crippen LogP contribution < -0.4 is 20.1 Å². The molecule has 1 fully saturated rings. The summed E-state index contributed by atoms with van der Waals surface area (Å²) in [6.45, 7) is 1.00. The molecule has 0 atom stereocenters. The Bertz CT molecular complexity index is 484. The number of carbonyl (C=O) groups is 1. The minimum Gasteiger partial charge on any atom is -0.454 e. The van der Waals surface area contributed by atoms with Gasteiger partial charge in [-0.1, -0.05) is 19.3 Å². The van der Waals surface area contributed by atoms with Gasteiger partial charge in [0.15, 0.2) is 11.5 Å². The average Bonchev–Trinajstić information content (AvgIpc) is 2.94. The molecule has 108 valence electrons. The van der Waals surface area contributed by atoms with E-state index in [2.05, 4.69) is 10.6 Å². The van der Waals surface area contributed by atoms with Crippen molar-refractivity contribution in [2.75, 3.05) is 18.7 Å². The molecule has 2 amide bonds. The number of nitrogens with one attached hydrogen (secondary N) is 2. The fraction of sp³-hybridized carbons (Fsp3) is 0.533.